The van der Waals surface area contributed by atoms with Crippen LogP contribution in [0.25, 0.3) is 16.6 Å². The Bertz CT molecular complexity index is 859. The number of nitrogens with one attached hydrogen (secondary N) is 1. The van der Waals surface area contributed by atoms with E-state index in [1.165, 1.54) is 0 Å². The lowest BCUT2D eigenvalue weighted by atomic mass is 10.1. The standard InChI is InChI=1S/C18H16N2O/c1-12(19)16-11-20(18-10-6-4-8-15(16)18)17-9-5-3-7-14(17)13(2)21/h3-11,19H,1-2H3. The Morgan fingerprint density at radius 3 is 2.33 bits per heavy atom. The van der Waals surface area contributed by atoms with Crippen molar-refractivity contribution in [1.82, 2.24) is 4.57 Å². The maximum atomic E-state index is 11.9. The summed E-state index contributed by atoms with van der Waals surface area (Å²) in [6, 6.07) is 15.5. The molecule has 104 valence electrons. The molecule has 0 amide bonds. The van der Waals surface area contributed by atoms with Gasteiger partial charge in [-0.05, 0) is 32.0 Å². The molecular weight excluding hydrogens is 260 g/mol. The van der Waals surface area contributed by atoms with Crippen molar-refractivity contribution in [2.75, 3.05) is 0 Å². The number of rotatable bonds is 3. The smallest absolute Gasteiger partial charge is 0.161 e. The zero-order valence-electron chi connectivity index (χ0n) is 12.1. The van der Waals surface area contributed by atoms with Crippen LogP contribution in [0.3, 0.4) is 0 Å². The first-order valence-electron chi connectivity index (χ1n) is 6.85. The van der Waals surface area contributed by atoms with Crippen LogP contribution in [0.1, 0.15) is 29.8 Å². The van der Waals surface area contributed by atoms with Gasteiger partial charge in [0.05, 0.1) is 11.2 Å². The van der Waals surface area contributed by atoms with E-state index in [9.17, 15) is 4.79 Å². The highest BCUT2D eigenvalue weighted by atomic mass is 16.1. The molecule has 1 N–H and O–H groups in total. The van der Waals surface area contributed by atoms with Crippen LogP contribution in [0.4, 0.5) is 0 Å². The summed E-state index contributed by atoms with van der Waals surface area (Å²) in [4.78, 5) is 11.9. The van der Waals surface area contributed by atoms with Crippen LogP contribution in [0.15, 0.2) is 54.7 Å². The molecular formula is C18H16N2O. The molecule has 0 atom stereocenters. The number of carbonyl (C=O) groups excluding carboxylic acids is 1. The van der Waals surface area contributed by atoms with Crippen molar-refractivity contribution in [3.63, 3.8) is 0 Å². The SMILES string of the molecule is CC(=N)c1cn(-c2ccccc2C(C)=O)c2ccccc12. The van der Waals surface area contributed by atoms with E-state index in [0.717, 1.165) is 22.2 Å². The van der Waals surface area contributed by atoms with Crippen LogP contribution in [-0.2, 0) is 0 Å². The Kier molecular flexibility index (Phi) is 3.18. The monoisotopic (exact) mass is 276 g/mol. The average molecular weight is 276 g/mol. The predicted molar refractivity (Wildman–Crippen MR) is 85.8 cm³/mol. The molecule has 2 aromatic carbocycles. The van der Waals surface area contributed by atoms with E-state index in [-0.39, 0.29) is 5.78 Å². The largest absolute Gasteiger partial charge is 0.315 e. The number of Topliss-reactive ketones (excluding diaryl/α,β-unsaturated/α-hetero) is 1. The molecule has 3 nitrogen and oxygen atoms in total. The van der Waals surface area contributed by atoms with Gasteiger partial charge in [0.1, 0.15) is 0 Å². The van der Waals surface area contributed by atoms with Crippen molar-refractivity contribution in [3.05, 3.63) is 65.9 Å². The zero-order chi connectivity index (χ0) is 15.0. The molecule has 3 heteroatoms. The van der Waals surface area contributed by atoms with E-state index in [0.29, 0.717) is 11.3 Å². The van der Waals surface area contributed by atoms with Crippen molar-refractivity contribution in [2.24, 2.45) is 0 Å². The summed E-state index contributed by atoms with van der Waals surface area (Å²) >= 11 is 0. The van der Waals surface area contributed by atoms with Gasteiger partial charge in [-0.1, -0.05) is 30.3 Å². The van der Waals surface area contributed by atoms with Gasteiger partial charge in [-0.25, -0.2) is 0 Å². The molecule has 0 unspecified atom stereocenters. The summed E-state index contributed by atoms with van der Waals surface area (Å²) in [6.45, 7) is 3.36. The number of benzene rings is 2. The second-order valence-corrected chi connectivity index (χ2v) is 5.13. The third-order valence-corrected chi connectivity index (χ3v) is 3.66. The van der Waals surface area contributed by atoms with Crippen LogP contribution in [0, 0.1) is 5.41 Å². The predicted octanol–water partition coefficient (Wildman–Crippen LogP) is 4.22. The number of ketones is 1. The minimum absolute atomic E-state index is 0.0384. The van der Waals surface area contributed by atoms with Crippen LogP contribution in [0.5, 0.6) is 0 Å². The molecule has 0 saturated heterocycles. The van der Waals surface area contributed by atoms with Crippen molar-refractivity contribution >= 4 is 22.4 Å². The Balaban J connectivity index is 2.37. The van der Waals surface area contributed by atoms with Gasteiger partial charge in [-0.2, -0.15) is 0 Å². The summed E-state index contributed by atoms with van der Waals surface area (Å²) in [5.41, 5.74) is 3.96. The zero-order valence-corrected chi connectivity index (χ0v) is 12.1. The number of hydrogen-bond acceptors (Lipinski definition) is 2. The molecule has 0 aliphatic carbocycles. The van der Waals surface area contributed by atoms with Crippen LogP contribution < -0.4 is 0 Å². The first kappa shape index (κ1) is 13.3. The van der Waals surface area contributed by atoms with Gasteiger partial charge in [-0.15, -0.1) is 0 Å². The van der Waals surface area contributed by atoms with Crippen molar-refractivity contribution in [2.45, 2.75) is 13.8 Å². The fraction of sp³-hybridized carbons (Fsp3) is 0.111. The highest BCUT2D eigenvalue weighted by Gasteiger charge is 2.14. The summed E-state index contributed by atoms with van der Waals surface area (Å²) in [5, 5.41) is 8.98. The summed E-state index contributed by atoms with van der Waals surface area (Å²) in [7, 11) is 0. The second-order valence-electron chi connectivity index (χ2n) is 5.13. The molecule has 0 spiro atoms. The molecule has 0 saturated carbocycles. The van der Waals surface area contributed by atoms with Gasteiger partial charge >= 0.3 is 0 Å². The number of aromatic nitrogens is 1. The highest BCUT2D eigenvalue weighted by molar-refractivity contribution is 6.09. The quantitative estimate of drug-likeness (QED) is 0.565. The van der Waals surface area contributed by atoms with E-state index < -0.39 is 0 Å². The van der Waals surface area contributed by atoms with Gasteiger partial charge in [0.15, 0.2) is 5.78 Å². The summed E-state index contributed by atoms with van der Waals surface area (Å²) in [5.74, 6) is 0.0384. The van der Waals surface area contributed by atoms with Crippen molar-refractivity contribution in [3.8, 4) is 5.69 Å². The lowest BCUT2D eigenvalue weighted by molar-refractivity contribution is 0.101. The molecule has 21 heavy (non-hydrogen) atoms. The Labute approximate surface area is 123 Å². The van der Waals surface area contributed by atoms with E-state index in [4.69, 9.17) is 5.41 Å². The van der Waals surface area contributed by atoms with Crippen molar-refractivity contribution < 1.29 is 4.79 Å². The Hall–Kier alpha value is -2.68. The minimum Gasteiger partial charge on any atom is -0.315 e. The highest BCUT2D eigenvalue weighted by Crippen LogP contribution is 2.27. The number of nitrogens with zero attached hydrogens (tertiary/aromatic N) is 1. The Morgan fingerprint density at radius 1 is 0.952 bits per heavy atom. The van der Waals surface area contributed by atoms with Crippen LogP contribution >= 0.6 is 0 Å². The normalized spacial score (nSPS) is 10.8. The van der Waals surface area contributed by atoms with E-state index >= 15 is 0 Å². The topological polar surface area (TPSA) is 45.9 Å². The second kappa shape index (κ2) is 5.02. The van der Waals surface area contributed by atoms with Crippen molar-refractivity contribution in [1.29, 1.82) is 5.41 Å². The molecule has 3 aromatic rings. The maximum absolute atomic E-state index is 11.9. The fourth-order valence-corrected chi connectivity index (χ4v) is 2.66. The molecule has 0 aliphatic heterocycles. The Morgan fingerprint density at radius 2 is 1.62 bits per heavy atom. The number of para-hydroxylation sites is 2. The maximum Gasteiger partial charge on any atom is 0.161 e. The van der Waals surface area contributed by atoms with Gasteiger partial charge < -0.3 is 9.98 Å². The first-order chi connectivity index (χ1) is 10.1. The van der Waals surface area contributed by atoms with Gasteiger partial charge in [0.2, 0.25) is 0 Å². The average Bonchev–Trinajstić information content (AvgIpc) is 2.87. The third-order valence-electron chi connectivity index (χ3n) is 3.66. The molecule has 1 aromatic heterocycles. The molecule has 1 heterocycles. The third kappa shape index (κ3) is 2.17. The molecule has 0 fully saturated rings. The first-order valence-corrected chi connectivity index (χ1v) is 6.85. The summed E-state index contributed by atoms with van der Waals surface area (Å²) < 4.78 is 2.00. The lowest BCUT2D eigenvalue weighted by Crippen LogP contribution is -2.02. The van der Waals surface area contributed by atoms with Gasteiger partial charge in [-0.3, -0.25) is 4.79 Å². The number of carbonyl (C=O) groups is 1. The molecule has 0 bridgehead atoms. The molecule has 0 radical (unpaired) electrons. The van der Waals surface area contributed by atoms with Gasteiger partial charge in [0.25, 0.3) is 0 Å². The summed E-state index contributed by atoms with van der Waals surface area (Å²) in [6.07, 6.45) is 1.94. The fourth-order valence-electron chi connectivity index (χ4n) is 2.66. The van der Waals surface area contributed by atoms with E-state index in [1.54, 1.807) is 13.8 Å². The number of fused-ring (bicyclic) bond motifs is 1. The van der Waals surface area contributed by atoms with Crippen LogP contribution in [-0.4, -0.2) is 16.1 Å². The minimum atomic E-state index is 0.0384. The molecule has 3 rings (SSSR count). The molecule has 0 aliphatic rings. The lowest BCUT2D eigenvalue weighted by Gasteiger charge is -2.09. The van der Waals surface area contributed by atoms with Crippen LogP contribution in [0.2, 0.25) is 0 Å². The number of hydrogen-bond donors (Lipinski definition) is 1. The van der Waals surface area contributed by atoms with E-state index in [1.807, 2.05) is 59.3 Å². The van der Waals surface area contributed by atoms with E-state index in [2.05, 4.69) is 0 Å². The van der Waals surface area contributed by atoms with Gasteiger partial charge in [0, 0.05) is 28.4 Å².